The highest BCUT2D eigenvalue weighted by atomic mass is 16.5. The van der Waals surface area contributed by atoms with Gasteiger partial charge in [-0.2, -0.15) is 10.1 Å². The molecule has 0 unspecified atom stereocenters. The van der Waals surface area contributed by atoms with Crippen LogP contribution >= 0.6 is 0 Å². The van der Waals surface area contributed by atoms with Crippen LogP contribution in [0.5, 0.6) is 5.75 Å². The smallest absolute Gasteiger partial charge is 0.279 e. The molecule has 0 saturated carbocycles. The van der Waals surface area contributed by atoms with Crippen LogP contribution in [0.3, 0.4) is 0 Å². The van der Waals surface area contributed by atoms with Crippen molar-refractivity contribution in [1.29, 1.82) is 0 Å². The lowest BCUT2D eigenvalue weighted by Gasteiger charge is -2.27. The number of methoxy groups -OCH3 is 1. The molecule has 5 rings (SSSR count). The molecule has 0 radical (unpaired) electrons. The highest BCUT2D eigenvalue weighted by molar-refractivity contribution is 5.94. The number of amides is 1. The number of carbonyl (C=O) groups excluding carboxylic acids is 1. The van der Waals surface area contributed by atoms with Crippen LogP contribution in [0.15, 0.2) is 59.1 Å². The van der Waals surface area contributed by atoms with Gasteiger partial charge in [-0.05, 0) is 18.2 Å². The molecule has 2 aromatic carbocycles. The summed E-state index contributed by atoms with van der Waals surface area (Å²) in [6.07, 6.45) is 0.703. The molecule has 4 aromatic rings. The van der Waals surface area contributed by atoms with Gasteiger partial charge in [0.25, 0.3) is 11.8 Å². The van der Waals surface area contributed by atoms with Crippen molar-refractivity contribution in [1.82, 2.24) is 24.8 Å². The Hall–Kier alpha value is -3.94. The molecule has 156 valence electrons. The molecule has 0 N–H and O–H groups in total. The lowest BCUT2D eigenvalue weighted by Crippen LogP contribution is -2.36. The predicted octanol–water partition coefficient (Wildman–Crippen LogP) is 3.34. The molecule has 0 atom stereocenters. The van der Waals surface area contributed by atoms with Gasteiger partial charge < -0.3 is 14.2 Å². The van der Waals surface area contributed by atoms with E-state index in [9.17, 15) is 4.79 Å². The van der Waals surface area contributed by atoms with Gasteiger partial charge in [-0.1, -0.05) is 41.6 Å². The number of hydrogen-bond donors (Lipinski definition) is 0. The first kappa shape index (κ1) is 19.0. The monoisotopic (exact) mass is 415 g/mol. The topological polar surface area (TPSA) is 86.3 Å². The maximum Gasteiger partial charge on any atom is 0.279 e. The molecule has 1 aliphatic heterocycles. The van der Waals surface area contributed by atoms with E-state index < -0.39 is 0 Å². The second kappa shape index (κ2) is 7.71. The molecular weight excluding hydrogens is 394 g/mol. The Labute approximate surface area is 179 Å². The molecule has 1 aliphatic rings. The Morgan fingerprint density at radius 1 is 1.13 bits per heavy atom. The van der Waals surface area contributed by atoms with Gasteiger partial charge in [0.2, 0.25) is 5.82 Å². The van der Waals surface area contributed by atoms with Gasteiger partial charge in [0, 0.05) is 42.4 Å². The summed E-state index contributed by atoms with van der Waals surface area (Å²) in [7, 11) is 3.49. The van der Waals surface area contributed by atoms with E-state index >= 15 is 0 Å². The minimum absolute atomic E-state index is 0.0464. The van der Waals surface area contributed by atoms with Gasteiger partial charge in [0.05, 0.1) is 13.7 Å². The van der Waals surface area contributed by atoms with Crippen molar-refractivity contribution in [2.75, 3.05) is 13.7 Å². The SMILES string of the molecule is COc1cccc(C(=O)N2CCc3c(c(-c4nc(-c5ccccc5)no4)nn3C)C2)c1. The van der Waals surface area contributed by atoms with E-state index in [1.165, 1.54) is 0 Å². The van der Waals surface area contributed by atoms with Crippen LogP contribution in [0.1, 0.15) is 21.6 Å². The Kier molecular flexibility index (Phi) is 4.74. The molecule has 1 amide bonds. The lowest BCUT2D eigenvalue weighted by molar-refractivity contribution is 0.0733. The first-order chi connectivity index (χ1) is 15.1. The Morgan fingerprint density at radius 3 is 2.77 bits per heavy atom. The summed E-state index contributed by atoms with van der Waals surface area (Å²) in [5.74, 6) is 1.47. The zero-order valence-corrected chi connectivity index (χ0v) is 17.3. The van der Waals surface area contributed by atoms with Gasteiger partial charge >= 0.3 is 0 Å². The summed E-state index contributed by atoms with van der Waals surface area (Å²) >= 11 is 0. The molecule has 0 spiro atoms. The molecule has 0 saturated heterocycles. The van der Waals surface area contributed by atoms with Crippen LogP contribution in [0, 0.1) is 0 Å². The normalized spacial score (nSPS) is 13.2. The van der Waals surface area contributed by atoms with Crippen LogP contribution in [0.25, 0.3) is 23.0 Å². The second-order valence-corrected chi connectivity index (χ2v) is 7.40. The fraction of sp³-hybridized carbons (Fsp3) is 0.217. The van der Waals surface area contributed by atoms with Crippen molar-refractivity contribution in [3.05, 3.63) is 71.4 Å². The average Bonchev–Trinajstić information content (AvgIpc) is 3.44. The van der Waals surface area contributed by atoms with Crippen molar-refractivity contribution in [2.24, 2.45) is 7.05 Å². The number of ether oxygens (including phenoxy) is 1. The van der Waals surface area contributed by atoms with Crippen molar-refractivity contribution in [2.45, 2.75) is 13.0 Å². The third kappa shape index (κ3) is 3.46. The standard InChI is InChI=1S/C23H21N5O3/c1-27-19-11-12-28(23(29)16-9-6-10-17(13-16)30-2)14-18(19)20(25-27)22-24-21(26-31-22)15-7-4-3-5-8-15/h3-10,13H,11-12,14H2,1-2H3. The maximum absolute atomic E-state index is 13.1. The Bertz CT molecular complexity index is 1250. The van der Waals surface area contributed by atoms with Gasteiger partial charge in [-0.3, -0.25) is 9.48 Å². The molecule has 8 nitrogen and oxygen atoms in total. The Morgan fingerprint density at radius 2 is 1.97 bits per heavy atom. The molecule has 31 heavy (non-hydrogen) atoms. The number of benzene rings is 2. The maximum atomic E-state index is 13.1. The predicted molar refractivity (Wildman–Crippen MR) is 113 cm³/mol. The summed E-state index contributed by atoms with van der Waals surface area (Å²) in [6, 6.07) is 16.8. The average molecular weight is 415 g/mol. The molecule has 0 bridgehead atoms. The van der Waals surface area contributed by atoms with E-state index in [2.05, 4.69) is 15.2 Å². The van der Waals surface area contributed by atoms with Crippen LogP contribution in [0.2, 0.25) is 0 Å². The number of nitrogens with zero attached hydrogens (tertiary/aromatic N) is 5. The molecule has 0 fully saturated rings. The minimum Gasteiger partial charge on any atom is -0.497 e. The summed E-state index contributed by atoms with van der Waals surface area (Å²) in [6.45, 7) is 1.04. The van der Waals surface area contributed by atoms with Crippen molar-refractivity contribution < 1.29 is 14.1 Å². The van der Waals surface area contributed by atoms with E-state index in [1.54, 1.807) is 19.2 Å². The Balaban J connectivity index is 1.45. The molecule has 3 heterocycles. The fourth-order valence-electron chi connectivity index (χ4n) is 3.90. The van der Waals surface area contributed by atoms with Crippen molar-refractivity contribution >= 4 is 5.91 Å². The van der Waals surface area contributed by atoms with E-state index in [4.69, 9.17) is 9.26 Å². The van der Waals surface area contributed by atoms with Crippen LogP contribution in [0.4, 0.5) is 0 Å². The molecule has 2 aromatic heterocycles. The van der Waals surface area contributed by atoms with Crippen LogP contribution < -0.4 is 4.74 Å². The van der Waals surface area contributed by atoms with E-state index in [-0.39, 0.29) is 5.91 Å². The second-order valence-electron chi connectivity index (χ2n) is 7.40. The van der Waals surface area contributed by atoms with Crippen molar-refractivity contribution in [3.8, 4) is 28.7 Å². The first-order valence-electron chi connectivity index (χ1n) is 10.0. The van der Waals surface area contributed by atoms with Crippen LogP contribution in [-0.4, -0.2) is 44.4 Å². The number of fused-ring (bicyclic) bond motifs is 1. The lowest BCUT2D eigenvalue weighted by atomic mass is 10.0. The van der Waals surface area contributed by atoms with Crippen LogP contribution in [-0.2, 0) is 20.0 Å². The number of aryl methyl sites for hydroxylation is 1. The molecular formula is C23H21N5O3. The third-order valence-corrected chi connectivity index (χ3v) is 5.51. The van der Waals surface area contributed by atoms with Gasteiger partial charge in [-0.15, -0.1) is 0 Å². The third-order valence-electron chi connectivity index (χ3n) is 5.51. The largest absolute Gasteiger partial charge is 0.497 e. The number of rotatable bonds is 4. The summed E-state index contributed by atoms with van der Waals surface area (Å²) in [5, 5.41) is 8.74. The summed E-state index contributed by atoms with van der Waals surface area (Å²) in [4.78, 5) is 19.5. The zero-order chi connectivity index (χ0) is 21.4. The highest BCUT2D eigenvalue weighted by Gasteiger charge is 2.30. The number of carbonyl (C=O) groups is 1. The van der Waals surface area contributed by atoms with Crippen molar-refractivity contribution in [3.63, 3.8) is 0 Å². The summed E-state index contributed by atoms with van der Waals surface area (Å²) < 4.78 is 12.6. The van der Waals surface area contributed by atoms with E-state index in [0.29, 0.717) is 48.2 Å². The first-order valence-corrected chi connectivity index (χ1v) is 10.0. The van der Waals surface area contributed by atoms with E-state index in [0.717, 1.165) is 16.8 Å². The fourth-order valence-corrected chi connectivity index (χ4v) is 3.90. The highest BCUT2D eigenvalue weighted by Crippen LogP contribution is 2.31. The van der Waals surface area contributed by atoms with Gasteiger partial charge in [0.1, 0.15) is 5.75 Å². The zero-order valence-electron chi connectivity index (χ0n) is 17.3. The minimum atomic E-state index is -0.0464. The quantitative estimate of drug-likeness (QED) is 0.508. The number of aromatic nitrogens is 4. The summed E-state index contributed by atoms with van der Waals surface area (Å²) in [5.41, 5.74) is 4.10. The van der Waals surface area contributed by atoms with Gasteiger partial charge in [-0.25, -0.2) is 0 Å². The molecule has 8 heteroatoms. The van der Waals surface area contributed by atoms with E-state index in [1.807, 2.05) is 59.1 Å². The van der Waals surface area contributed by atoms with Gasteiger partial charge in [0.15, 0.2) is 5.69 Å². The molecule has 0 aliphatic carbocycles. The number of hydrogen-bond acceptors (Lipinski definition) is 6.